The molecule has 1 fully saturated rings. The standard InChI is InChI=1S/C19H20ClN7O/c1-14-12-16(4-7-18(14)27-13-21-23-24-27)22-19(28)26-10-8-25(9-11-26)17-5-2-15(20)3-6-17/h2-7,12-13H,8-11H2,1H3,(H,22,28). The maximum Gasteiger partial charge on any atom is 0.321 e. The van der Waals surface area contributed by atoms with Gasteiger partial charge in [0.1, 0.15) is 6.33 Å². The third-order valence-corrected chi connectivity index (χ3v) is 5.05. The van der Waals surface area contributed by atoms with Crippen LogP contribution in [0.15, 0.2) is 48.8 Å². The molecule has 1 aliphatic rings. The number of rotatable bonds is 3. The largest absolute Gasteiger partial charge is 0.368 e. The highest BCUT2D eigenvalue weighted by Crippen LogP contribution is 2.21. The number of urea groups is 1. The van der Waals surface area contributed by atoms with Gasteiger partial charge in [-0.2, -0.15) is 0 Å². The highest BCUT2D eigenvalue weighted by atomic mass is 35.5. The molecule has 9 heteroatoms. The predicted molar refractivity (Wildman–Crippen MR) is 108 cm³/mol. The number of benzene rings is 2. The monoisotopic (exact) mass is 397 g/mol. The fourth-order valence-corrected chi connectivity index (χ4v) is 3.41. The number of anilines is 2. The molecule has 0 aliphatic carbocycles. The van der Waals surface area contributed by atoms with Crippen molar-refractivity contribution in [1.29, 1.82) is 0 Å². The zero-order valence-electron chi connectivity index (χ0n) is 15.4. The van der Waals surface area contributed by atoms with Crippen molar-refractivity contribution in [2.45, 2.75) is 6.92 Å². The number of carbonyl (C=O) groups excluding carboxylic acids is 1. The molecule has 1 N–H and O–H groups in total. The van der Waals surface area contributed by atoms with Gasteiger partial charge in [-0.1, -0.05) is 11.6 Å². The number of tetrazole rings is 1. The van der Waals surface area contributed by atoms with Crippen molar-refractivity contribution in [3.63, 3.8) is 0 Å². The number of piperazine rings is 1. The van der Waals surface area contributed by atoms with Crippen LogP contribution in [0.1, 0.15) is 5.56 Å². The SMILES string of the molecule is Cc1cc(NC(=O)N2CCN(c3ccc(Cl)cc3)CC2)ccc1-n1cnnn1. The molecule has 4 rings (SSSR count). The first-order valence-corrected chi connectivity index (χ1v) is 9.38. The van der Waals surface area contributed by atoms with E-state index >= 15 is 0 Å². The lowest BCUT2D eigenvalue weighted by Gasteiger charge is -2.36. The van der Waals surface area contributed by atoms with Gasteiger partial charge in [0, 0.05) is 42.6 Å². The number of nitrogens with one attached hydrogen (secondary N) is 1. The van der Waals surface area contributed by atoms with E-state index in [-0.39, 0.29) is 6.03 Å². The van der Waals surface area contributed by atoms with Crippen LogP contribution < -0.4 is 10.2 Å². The molecule has 2 heterocycles. The third-order valence-electron chi connectivity index (χ3n) is 4.80. The Kier molecular flexibility index (Phi) is 5.12. The average Bonchev–Trinajstić information content (AvgIpc) is 3.23. The first-order valence-electron chi connectivity index (χ1n) is 9.00. The third kappa shape index (κ3) is 3.91. The number of nitrogens with zero attached hydrogens (tertiary/aromatic N) is 6. The number of aryl methyl sites for hydroxylation is 1. The van der Waals surface area contributed by atoms with Crippen LogP contribution in [0.2, 0.25) is 5.02 Å². The second-order valence-corrected chi connectivity index (χ2v) is 7.07. The minimum Gasteiger partial charge on any atom is -0.368 e. The van der Waals surface area contributed by atoms with Crippen molar-refractivity contribution in [2.24, 2.45) is 0 Å². The summed E-state index contributed by atoms with van der Waals surface area (Å²) in [5.74, 6) is 0. The molecule has 1 aromatic heterocycles. The lowest BCUT2D eigenvalue weighted by molar-refractivity contribution is 0.208. The lowest BCUT2D eigenvalue weighted by atomic mass is 10.2. The summed E-state index contributed by atoms with van der Waals surface area (Å²) in [5.41, 5.74) is 3.72. The van der Waals surface area contributed by atoms with E-state index in [4.69, 9.17) is 11.6 Å². The molecule has 2 aromatic carbocycles. The molecule has 8 nitrogen and oxygen atoms in total. The zero-order valence-corrected chi connectivity index (χ0v) is 16.2. The molecule has 0 atom stereocenters. The highest BCUT2D eigenvalue weighted by molar-refractivity contribution is 6.30. The number of halogens is 1. The second kappa shape index (κ2) is 7.85. The number of hydrogen-bond donors (Lipinski definition) is 1. The van der Waals surface area contributed by atoms with Crippen LogP contribution in [0.4, 0.5) is 16.2 Å². The van der Waals surface area contributed by atoms with E-state index in [0.717, 1.165) is 40.7 Å². The molecule has 144 valence electrons. The number of hydrogen-bond acceptors (Lipinski definition) is 5. The summed E-state index contributed by atoms with van der Waals surface area (Å²) in [5, 5.41) is 14.9. The van der Waals surface area contributed by atoms with Gasteiger partial charge in [-0.25, -0.2) is 9.48 Å². The topological polar surface area (TPSA) is 79.2 Å². The molecule has 1 aliphatic heterocycles. The van der Waals surface area contributed by atoms with Gasteiger partial charge in [0.2, 0.25) is 0 Å². The summed E-state index contributed by atoms with van der Waals surface area (Å²) in [7, 11) is 0. The van der Waals surface area contributed by atoms with Crippen molar-refractivity contribution in [2.75, 3.05) is 36.4 Å². The Hall–Kier alpha value is -3.13. The molecule has 0 saturated carbocycles. The Balaban J connectivity index is 1.36. The second-order valence-electron chi connectivity index (χ2n) is 6.64. The first-order chi connectivity index (χ1) is 13.6. The Labute approximate surface area is 167 Å². The lowest BCUT2D eigenvalue weighted by Crippen LogP contribution is -2.50. The minimum absolute atomic E-state index is 0.0923. The Morgan fingerprint density at radius 2 is 1.82 bits per heavy atom. The predicted octanol–water partition coefficient (Wildman–Crippen LogP) is 2.98. The van der Waals surface area contributed by atoms with Gasteiger partial charge in [0.05, 0.1) is 5.69 Å². The molecule has 28 heavy (non-hydrogen) atoms. The fraction of sp³-hybridized carbons (Fsp3) is 0.263. The van der Waals surface area contributed by atoms with Crippen LogP contribution in [0.25, 0.3) is 5.69 Å². The van der Waals surface area contributed by atoms with Gasteiger partial charge in [-0.15, -0.1) is 5.10 Å². The summed E-state index contributed by atoms with van der Waals surface area (Å²) < 4.78 is 1.59. The van der Waals surface area contributed by atoms with Crippen LogP contribution in [0.3, 0.4) is 0 Å². The molecule has 0 unspecified atom stereocenters. The van der Waals surface area contributed by atoms with Crippen molar-refractivity contribution >= 4 is 29.0 Å². The number of carbonyl (C=O) groups is 1. The van der Waals surface area contributed by atoms with E-state index < -0.39 is 0 Å². The molecule has 0 radical (unpaired) electrons. The summed E-state index contributed by atoms with van der Waals surface area (Å²) in [4.78, 5) is 16.7. The van der Waals surface area contributed by atoms with Crippen molar-refractivity contribution in [3.05, 3.63) is 59.4 Å². The van der Waals surface area contributed by atoms with Crippen molar-refractivity contribution in [3.8, 4) is 5.69 Å². The van der Waals surface area contributed by atoms with Gasteiger partial charge >= 0.3 is 6.03 Å². The molecular weight excluding hydrogens is 378 g/mol. The zero-order chi connectivity index (χ0) is 19.5. The van der Waals surface area contributed by atoms with Crippen LogP contribution in [0.5, 0.6) is 0 Å². The normalized spacial score (nSPS) is 14.2. The highest BCUT2D eigenvalue weighted by Gasteiger charge is 2.21. The minimum atomic E-state index is -0.0923. The summed E-state index contributed by atoms with van der Waals surface area (Å²) in [6, 6.07) is 13.4. The van der Waals surface area contributed by atoms with Gasteiger partial charge in [-0.05, 0) is 65.4 Å². The Bertz CT molecular complexity index is 951. The smallest absolute Gasteiger partial charge is 0.321 e. The van der Waals surface area contributed by atoms with Crippen molar-refractivity contribution < 1.29 is 4.79 Å². The van der Waals surface area contributed by atoms with Crippen molar-refractivity contribution in [1.82, 2.24) is 25.1 Å². The molecular formula is C19H20ClN7O. The van der Waals surface area contributed by atoms with Gasteiger partial charge < -0.3 is 15.1 Å². The summed E-state index contributed by atoms with van der Waals surface area (Å²) in [6.45, 7) is 4.85. The van der Waals surface area contributed by atoms with Crippen LogP contribution >= 0.6 is 11.6 Å². The Morgan fingerprint density at radius 1 is 1.07 bits per heavy atom. The maximum atomic E-state index is 12.6. The van der Waals surface area contributed by atoms with Gasteiger partial charge in [-0.3, -0.25) is 0 Å². The molecule has 0 bridgehead atoms. The van der Waals surface area contributed by atoms with Crippen LogP contribution in [0, 0.1) is 6.92 Å². The van der Waals surface area contributed by atoms with E-state index in [0.29, 0.717) is 13.1 Å². The van der Waals surface area contributed by atoms with E-state index in [9.17, 15) is 4.79 Å². The van der Waals surface area contributed by atoms with Crippen LogP contribution in [-0.2, 0) is 0 Å². The number of amides is 2. The summed E-state index contributed by atoms with van der Waals surface area (Å²) in [6.07, 6.45) is 1.54. The maximum absolute atomic E-state index is 12.6. The quantitative estimate of drug-likeness (QED) is 0.735. The molecule has 3 aromatic rings. The van der Waals surface area contributed by atoms with E-state index in [1.807, 2.05) is 54.3 Å². The summed E-state index contributed by atoms with van der Waals surface area (Å²) >= 11 is 5.95. The van der Waals surface area contributed by atoms with E-state index in [2.05, 4.69) is 25.7 Å². The average molecular weight is 398 g/mol. The first kappa shape index (κ1) is 18.2. The number of aromatic nitrogens is 4. The molecule has 2 amide bonds. The Morgan fingerprint density at radius 3 is 2.46 bits per heavy atom. The molecule has 0 spiro atoms. The van der Waals surface area contributed by atoms with E-state index in [1.165, 1.54) is 0 Å². The molecule has 1 saturated heterocycles. The van der Waals surface area contributed by atoms with Gasteiger partial charge in [0.25, 0.3) is 0 Å². The van der Waals surface area contributed by atoms with E-state index in [1.54, 1.807) is 11.0 Å². The van der Waals surface area contributed by atoms with Crippen LogP contribution in [-0.4, -0.2) is 57.3 Å². The van der Waals surface area contributed by atoms with Gasteiger partial charge in [0.15, 0.2) is 0 Å². The fourth-order valence-electron chi connectivity index (χ4n) is 3.28.